The van der Waals surface area contributed by atoms with Gasteiger partial charge in [0.05, 0.1) is 16.8 Å². The number of piperazine rings is 1. The number of hydrogen-bond donors (Lipinski definition) is 0. The molecule has 1 aliphatic heterocycles. The fraction of sp³-hybridized carbons (Fsp3) is 0.261. The second-order valence-corrected chi connectivity index (χ2v) is 8.51. The predicted octanol–water partition coefficient (Wildman–Crippen LogP) is 6.15. The lowest BCUT2D eigenvalue weighted by molar-refractivity contribution is 0.225. The molecule has 1 saturated heterocycles. The maximum atomic E-state index is 6.55. The van der Waals surface area contributed by atoms with Crippen LogP contribution in [0.1, 0.15) is 17.3 Å². The zero-order valence-corrected chi connectivity index (χ0v) is 18.2. The molecule has 29 heavy (non-hydrogen) atoms. The minimum absolute atomic E-state index is 0.184. The number of halogens is 3. The van der Waals surface area contributed by atoms with E-state index in [2.05, 4.69) is 33.0 Å². The summed E-state index contributed by atoms with van der Waals surface area (Å²) < 4.78 is 0. The van der Waals surface area contributed by atoms with Crippen molar-refractivity contribution < 1.29 is 0 Å². The standard InChI is InChI=1S/C23H22Cl3N3/c24-18-6-4-17(5-7-18)23-16-28(12-10-20-3-1-2-11-27-20)13-14-29(23)22-9-8-19(25)15-21(22)26/h1-9,11,15,23H,10,12-14,16H2/t23-/m0/s1. The quantitative estimate of drug-likeness (QED) is 0.469. The van der Waals surface area contributed by atoms with Crippen molar-refractivity contribution in [2.45, 2.75) is 12.5 Å². The highest BCUT2D eigenvalue weighted by Crippen LogP contribution is 2.36. The van der Waals surface area contributed by atoms with Crippen LogP contribution in [0.3, 0.4) is 0 Å². The summed E-state index contributed by atoms with van der Waals surface area (Å²) in [4.78, 5) is 9.32. The Balaban J connectivity index is 1.56. The molecule has 2 heterocycles. The fourth-order valence-corrected chi connectivity index (χ4v) is 4.48. The van der Waals surface area contributed by atoms with Crippen molar-refractivity contribution in [3.05, 3.63) is 93.2 Å². The second-order valence-electron chi connectivity index (χ2n) is 7.23. The number of nitrogens with zero attached hydrogens (tertiary/aromatic N) is 3. The second kappa shape index (κ2) is 9.36. The van der Waals surface area contributed by atoms with Crippen LogP contribution in [0.4, 0.5) is 5.69 Å². The summed E-state index contributed by atoms with van der Waals surface area (Å²) in [5.41, 5.74) is 3.36. The Labute approximate surface area is 186 Å². The van der Waals surface area contributed by atoms with Crippen LogP contribution < -0.4 is 4.90 Å². The number of hydrogen-bond acceptors (Lipinski definition) is 3. The van der Waals surface area contributed by atoms with E-state index < -0.39 is 0 Å². The summed E-state index contributed by atoms with van der Waals surface area (Å²) in [5, 5.41) is 2.07. The van der Waals surface area contributed by atoms with E-state index in [1.54, 1.807) is 0 Å². The first-order chi connectivity index (χ1) is 14.1. The van der Waals surface area contributed by atoms with Crippen molar-refractivity contribution in [1.29, 1.82) is 0 Å². The summed E-state index contributed by atoms with van der Waals surface area (Å²) in [6.07, 6.45) is 2.79. The average molecular weight is 447 g/mol. The maximum absolute atomic E-state index is 6.55. The number of pyridine rings is 1. The van der Waals surface area contributed by atoms with Crippen LogP contribution in [0.2, 0.25) is 15.1 Å². The van der Waals surface area contributed by atoms with Gasteiger partial charge < -0.3 is 4.90 Å². The van der Waals surface area contributed by atoms with Gasteiger partial charge in [-0.3, -0.25) is 9.88 Å². The lowest BCUT2D eigenvalue weighted by Gasteiger charge is -2.43. The van der Waals surface area contributed by atoms with Gasteiger partial charge in [0.2, 0.25) is 0 Å². The van der Waals surface area contributed by atoms with Gasteiger partial charge in [-0.2, -0.15) is 0 Å². The molecule has 3 aromatic rings. The molecule has 2 aromatic carbocycles. The monoisotopic (exact) mass is 445 g/mol. The van der Waals surface area contributed by atoms with Gasteiger partial charge in [-0.25, -0.2) is 0 Å². The van der Waals surface area contributed by atoms with Crippen molar-refractivity contribution in [2.24, 2.45) is 0 Å². The lowest BCUT2D eigenvalue weighted by Crippen LogP contribution is -2.49. The van der Waals surface area contributed by atoms with E-state index >= 15 is 0 Å². The van der Waals surface area contributed by atoms with Crippen molar-refractivity contribution >= 4 is 40.5 Å². The van der Waals surface area contributed by atoms with E-state index in [0.29, 0.717) is 10.0 Å². The molecule has 1 fully saturated rings. The van der Waals surface area contributed by atoms with Crippen molar-refractivity contribution in [2.75, 3.05) is 31.1 Å². The summed E-state index contributed by atoms with van der Waals surface area (Å²) in [6, 6.07) is 20.1. The molecule has 0 amide bonds. The van der Waals surface area contributed by atoms with E-state index in [1.165, 1.54) is 5.56 Å². The third-order valence-electron chi connectivity index (χ3n) is 5.35. The summed E-state index contributed by atoms with van der Waals surface area (Å²) in [5.74, 6) is 0. The minimum Gasteiger partial charge on any atom is -0.361 e. The smallest absolute Gasteiger partial charge is 0.0670 e. The molecule has 3 nitrogen and oxygen atoms in total. The normalized spacial score (nSPS) is 17.5. The van der Waals surface area contributed by atoms with Crippen LogP contribution in [-0.4, -0.2) is 36.1 Å². The molecule has 0 N–H and O–H groups in total. The summed E-state index contributed by atoms with van der Waals surface area (Å²) in [6.45, 7) is 3.74. The molecule has 0 saturated carbocycles. The first-order valence-corrected chi connectivity index (χ1v) is 10.8. The molecule has 0 spiro atoms. The van der Waals surface area contributed by atoms with Crippen LogP contribution in [0, 0.1) is 0 Å². The van der Waals surface area contributed by atoms with Crippen LogP contribution in [0.5, 0.6) is 0 Å². The van der Waals surface area contributed by atoms with E-state index in [4.69, 9.17) is 34.8 Å². The zero-order chi connectivity index (χ0) is 20.2. The molecular formula is C23H22Cl3N3. The van der Waals surface area contributed by atoms with Crippen LogP contribution in [0.15, 0.2) is 66.9 Å². The molecule has 0 bridgehead atoms. The van der Waals surface area contributed by atoms with Gasteiger partial charge in [-0.1, -0.05) is 53.0 Å². The van der Waals surface area contributed by atoms with Gasteiger partial charge in [0.25, 0.3) is 0 Å². The van der Waals surface area contributed by atoms with E-state index in [-0.39, 0.29) is 6.04 Å². The van der Waals surface area contributed by atoms with Crippen molar-refractivity contribution in [1.82, 2.24) is 9.88 Å². The predicted molar refractivity (Wildman–Crippen MR) is 122 cm³/mol. The molecule has 4 rings (SSSR count). The first kappa shape index (κ1) is 20.5. The number of rotatable bonds is 5. The Morgan fingerprint density at radius 2 is 1.69 bits per heavy atom. The Hall–Kier alpha value is -1.78. The Bertz CT molecular complexity index is 947. The van der Waals surface area contributed by atoms with Gasteiger partial charge in [0.1, 0.15) is 0 Å². The Morgan fingerprint density at radius 1 is 0.897 bits per heavy atom. The van der Waals surface area contributed by atoms with Crippen LogP contribution in [-0.2, 0) is 6.42 Å². The molecule has 1 aromatic heterocycles. The molecule has 1 atom stereocenters. The van der Waals surface area contributed by atoms with Gasteiger partial charge in [0.15, 0.2) is 0 Å². The Kier molecular flexibility index (Phi) is 6.61. The maximum Gasteiger partial charge on any atom is 0.0670 e. The number of aromatic nitrogens is 1. The third kappa shape index (κ3) is 5.04. The average Bonchev–Trinajstić information content (AvgIpc) is 2.74. The van der Waals surface area contributed by atoms with E-state index in [0.717, 1.165) is 49.0 Å². The van der Waals surface area contributed by atoms with Gasteiger partial charge in [0, 0.05) is 54.5 Å². The molecule has 0 aliphatic carbocycles. The minimum atomic E-state index is 0.184. The summed E-state index contributed by atoms with van der Waals surface area (Å²) in [7, 11) is 0. The van der Waals surface area contributed by atoms with Gasteiger partial charge in [-0.15, -0.1) is 0 Å². The molecule has 0 unspecified atom stereocenters. The van der Waals surface area contributed by atoms with E-state index in [9.17, 15) is 0 Å². The molecule has 1 aliphatic rings. The highest BCUT2D eigenvalue weighted by Gasteiger charge is 2.29. The van der Waals surface area contributed by atoms with Crippen molar-refractivity contribution in [3.63, 3.8) is 0 Å². The van der Waals surface area contributed by atoms with Gasteiger partial charge >= 0.3 is 0 Å². The first-order valence-electron chi connectivity index (χ1n) is 9.69. The molecule has 0 radical (unpaired) electrons. The number of anilines is 1. The number of benzene rings is 2. The molecular weight excluding hydrogens is 425 g/mol. The highest BCUT2D eigenvalue weighted by molar-refractivity contribution is 6.36. The van der Waals surface area contributed by atoms with E-state index in [1.807, 2.05) is 48.7 Å². The third-order valence-corrected chi connectivity index (χ3v) is 6.14. The lowest BCUT2D eigenvalue weighted by atomic mass is 10.0. The van der Waals surface area contributed by atoms with Crippen LogP contribution in [0.25, 0.3) is 0 Å². The SMILES string of the molecule is Clc1ccc([C@@H]2CN(CCc3ccccn3)CCN2c2ccc(Cl)cc2Cl)cc1. The summed E-state index contributed by atoms with van der Waals surface area (Å²) >= 11 is 18.8. The van der Waals surface area contributed by atoms with Crippen LogP contribution >= 0.6 is 34.8 Å². The highest BCUT2D eigenvalue weighted by atomic mass is 35.5. The van der Waals surface area contributed by atoms with Gasteiger partial charge in [-0.05, 0) is 48.0 Å². The Morgan fingerprint density at radius 3 is 2.41 bits per heavy atom. The molecule has 6 heteroatoms. The zero-order valence-electron chi connectivity index (χ0n) is 15.9. The van der Waals surface area contributed by atoms with Crippen molar-refractivity contribution in [3.8, 4) is 0 Å². The fourth-order valence-electron chi connectivity index (χ4n) is 3.83. The molecule has 150 valence electrons. The largest absolute Gasteiger partial charge is 0.361 e. The topological polar surface area (TPSA) is 19.4 Å².